The van der Waals surface area contributed by atoms with Gasteiger partial charge < -0.3 is 5.21 Å². The van der Waals surface area contributed by atoms with Gasteiger partial charge in [-0.05, 0) is 19.1 Å². The molecule has 0 atom stereocenters. The molecule has 0 saturated carbocycles. The van der Waals surface area contributed by atoms with E-state index in [-0.39, 0.29) is 0 Å². The second-order valence-corrected chi connectivity index (χ2v) is 2.35. The zero-order valence-corrected chi connectivity index (χ0v) is 6.02. The fraction of sp³-hybridized carbons (Fsp3) is 0.143. The van der Waals surface area contributed by atoms with Crippen LogP contribution in [0, 0.1) is 6.92 Å². The third-order valence-electron chi connectivity index (χ3n) is 1.61. The van der Waals surface area contributed by atoms with Gasteiger partial charge in [-0.1, -0.05) is 4.85 Å². The van der Waals surface area contributed by atoms with Crippen molar-refractivity contribution in [1.29, 1.82) is 0 Å². The summed E-state index contributed by atoms with van der Waals surface area (Å²) in [6.07, 6.45) is 1.62. The van der Waals surface area contributed by atoms with E-state index in [0.29, 0.717) is 5.65 Å². The molecule has 2 rings (SSSR count). The fourth-order valence-corrected chi connectivity index (χ4v) is 1.08. The first-order chi connectivity index (χ1) is 5.29. The van der Waals surface area contributed by atoms with Gasteiger partial charge in [-0.25, -0.2) is 4.98 Å². The lowest BCUT2D eigenvalue weighted by atomic mass is 10.3. The van der Waals surface area contributed by atoms with E-state index in [1.165, 1.54) is 0 Å². The summed E-state index contributed by atoms with van der Waals surface area (Å²) in [5, 5.41) is 13.8. The van der Waals surface area contributed by atoms with Crippen molar-refractivity contribution in [3.05, 3.63) is 24.0 Å². The molecule has 1 N–H and O–H groups in total. The average Bonchev–Trinajstić information content (AvgIpc) is 2.30. The Kier molecular flexibility index (Phi) is 1.09. The van der Waals surface area contributed by atoms with Crippen LogP contribution in [0.25, 0.3) is 11.0 Å². The van der Waals surface area contributed by atoms with Crippen molar-refractivity contribution in [1.82, 2.24) is 14.9 Å². The molecule has 4 heteroatoms. The van der Waals surface area contributed by atoms with Crippen LogP contribution in [0.5, 0.6) is 0 Å². The van der Waals surface area contributed by atoms with Gasteiger partial charge in [0.2, 0.25) is 0 Å². The maximum absolute atomic E-state index is 9.14. The fourth-order valence-electron chi connectivity index (χ4n) is 1.08. The highest BCUT2D eigenvalue weighted by molar-refractivity contribution is 5.77. The van der Waals surface area contributed by atoms with Crippen LogP contribution in [0.3, 0.4) is 0 Å². The van der Waals surface area contributed by atoms with Crippen molar-refractivity contribution >= 4 is 11.0 Å². The van der Waals surface area contributed by atoms with Crippen LogP contribution in [0.2, 0.25) is 0 Å². The van der Waals surface area contributed by atoms with E-state index >= 15 is 0 Å². The smallest absolute Gasteiger partial charge is 0.198 e. The second-order valence-electron chi connectivity index (χ2n) is 2.35. The Balaban J connectivity index is 2.95. The maximum atomic E-state index is 9.14. The Morgan fingerprint density at radius 2 is 2.36 bits per heavy atom. The summed E-state index contributed by atoms with van der Waals surface area (Å²) in [5.74, 6) is 0. The van der Waals surface area contributed by atoms with E-state index in [1.807, 2.05) is 19.1 Å². The highest BCUT2D eigenvalue weighted by atomic mass is 16.5. The van der Waals surface area contributed by atoms with Gasteiger partial charge in [-0.15, -0.1) is 5.10 Å². The van der Waals surface area contributed by atoms with E-state index in [1.54, 1.807) is 6.20 Å². The highest BCUT2D eigenvalue weighted by Crippen LogP contribution is 2.12. The summed E-state index contributed by atoms with van der Waals surface area (Å²) >= 11 is 0. The zero-order valence-electron chi connectivity index (χ0n) is 6.02. The summed E-state index contributed by atoms with van der Waals surface area (Å²) < 4.78 is 0. The van der Waals surface area contributed by atoms with Gasteiger partial charge in [0.05, 0.1) is 5.69 Å². The molecular weight excluding hydrogens is 142 g/mol. The van der Waals surface area contributed by atoms with Gasteiger partial charge in [0, 0.05) is 11.6 Å². The zero-order chi connectivity index (χ0) is 7.84. The Morgan fingerprint density at radius 1 is 1.55 bits per heavy atom. The van der Waals surface area contributed by atoms with Gasteiger partial charge in [-0.3, -0.25) is 0 Å². The minimum absolute atomic E-state index is 0.505. The third kappa shape index (κ3) is 0.756. The molecular formula is C7H7N3O. The van der Waals surface area contributed by atoms with Gasteiger partial charge >= 0.3 is 0 Å². The molecule has 0 spiro atoms. The lowest BCUT2D eigenvalue weighted by Crippen LogP contribution is -1.92. The molecule has 0 fully saturated rings. The first kappa shape index (κ1) is 6.15. The van der Waals surface area contributed by atoms with Crippen LogP contribution in [0.4, 0.5) is 0 Å². The normalized spacial score (nSPS) is 10.6. The molecule has 0 bridgehead atoms. The number of aromatic nitrogens is 3. The number of hydrogen-bond acceptors (Lipinski definition) is 3. The number of nitrogens with zero attached hydrogens (tertiary/aromatic N) is 3. The van der Waals surface area contributed by atoms with Crippen LogP contribution >= 0.6 is 0 Å². The van der Waals surface area contributed by atoms with Crippen LogP contribution in [-0.2, 0) is 0 Å². The van der Waals surface area contributed by atoms with Crippen LogP contribution in [-0.4, -0.2) is 20.1 Å². The van der Waals surface area contributed by atoms with E-state index in [2.05, 4.69) is 10.1 Å². The largest absolute Gasteiger partial charge is 0.410 e. The second kappa shape index (κ2) is 1.95. The number of fused-ring (bicyclic) bond motifs is 1. The van der Waals surface area contributed by atoms with Crippen molar-refractivity contribution < 1.29 is 5.21 Å². The lowest BCUT2D eigenvalue weighted by Gasteiger charge is -1.87. The summed E-state index contributed by atoms with van der Waals surface area (Å²) in [6, 6.07) is 3.69. The Labute approximate surface area is 63.1 Å². The third-order valence-corrected chi connectivity index (χ3v) is 1.61. The summed E-state index contributed by atoms with van der Waals surface area (Å²) in [6.45, 7) is 1.83. The summed E-state index contributed by atoms with van der Waals surface area (Å²) in [7, 11) is 0. The molecule has 2 aromatic rings. The predicted octanol–water partition coefficient (Wildman–Crippen LogP) is 0.977. The Bertz CT molecular complexity index is 357. The summed E-state index contributed by atoms with van der Waals surface area (Å²) in [4.78, 5) is 4.75. The maximum Gasteiger partial charge on any atom is 0.198 e. The van der Waals surface area contributed by atoms with Crippen molar-refractivity contribution in [2.24, 2.45) is 0 Å². The number of hydrogen-bond donors (Lipinski definition) is 1. The monoisotopic (exact) mass is 149 g/mol. The van der Waals surface area contributed by atoms with E-state index in [0.717, 1.165) is 15.9 Å². The van der Waals surface area contributed by atoms with Gasteiger partial charge in [0.1, 0.15) is 0 Å². The van der Waals surface area contributed by atoms with E-state index in [9.17, 15) is 0 Å². The van der Waals surface area contributed by atoms with Crippen LogP contribution in [0.1, 0.15) is 5.69 Å². The Hall–Kier alpha value is -1.58. The molecule has 0 amide bonds. The minimum atomic E-state index is 0.505. The molecule has 0 aliphatic rings. The number of rotatable bonds is 0. The Morgan fingerprint density at radius 3 is 3.09 bits per heavy atom. The topological polar surface area (TPSA) is 50.9 Å². The van der Waals surface area contributed by atoms with Crippen LogP contribution < -0.4 is 0 Å². The van der Waals surface area contributed by atoms with Crippen LogP contribution in [0.15, 0.2) is 18.3 Å². The van der Waals surface area contributed by atoms with Crippen molar-refractivity contribution in [3.63, 3.8) is 0 Å². The van der Waals surface area contributed by atoms with Crippen molar-refractivity contribution in [2.45, 2.75) is 6.92 Å². The van der Waals surface area contributed by atoms with Crippen molar-refractivity contribution in [2.75, 3.05) is 0 Å². The predicted molar refractivity (Wildman–Crippen MR) is 39.4 cm³/mol. The number of aryl methyl sites for hydroxylation is 1. The highest BCUT2D eigenvalue weighted by Gasteiger charge is 2.04. The van der Waals surface area contributed by atoms with Crippen molar-refractivity contribution in [3.8, 4) is 0 Å². The average molecular weight is 149 g/mol. The molecule has 0 radical (unpaired) electrons. The number of pyridine rings is 1. The molecule has 4 nitrogen and oxygen atoms in total. The molecule has 0 saturated heterocycles. The molecule has 0 aliphatic heterocycles. The van der Waals surface area contributed by atoms with Gasteiger partial charge in [0.15, 0.2) is 5.65 Å². The van der Waals surface area contributed by atoms with E-state index in [4.69, 9.17) is 5.21 Å². The molecule has 2 heterocycles. The molecule has 56 valence electrons. The van der Waals surface area contributed by atoms with E-state index < -0.39 is 0 Å². The first-order valence-corrected chi connectivity index (χ1v) is 3.28. The quantitative estimate of drug-likeness (QED) is 0.568. The minimum Gasteiger partial charge on any atom is -0.410 e. The molecule has 2 aromatic heterocycles. The molecule has 0 aromatic carbocycles. The van der Waals surface area contributed by atoms with Gasteiger partial charge in [-0.2, -0.15) is 0 Å². The SMILES string of the molecule is Cc1nn(O)c2ncccc12. The molecule has 0 unspecified atom stereocenters. The lowest BCUT2D eigenvalue weighted by molar-refractivity contribution is 0.158. The summed E-state index contributed by atoms with van der Waals surface area (Å²) in [5.41, 5.74) is 1.29. The standard InChI is InChI=1S/C7H7N3O/c1-5-6-3-2-4-8-7(6)10(11)9-5/h2-4,11H,1H3. The molecule has 11 heavy (non-hydrogen) atoms. The van der Waals surface area contributed by atoms with Gasteiger partial charge in [0.25, 0.3) is 0 Å². The molecule has 0 aliphatic carbocycles. The first-order valence-electron chi connectivity index (χ1n) is 3.28.